The molecule has 26 heavy (non-hydrogen) atoms. The molecule has 3 aromatic rings. The second kappa shape index (κ2) is 6.77. The predicted molar refractivity (Wildman–Crippen MR) is 106 cm³/mol. The third-order valence-electron chi connectivity index (χ3n) is 3.86. The quantitative estimate of drug-likeness (QED) is 0.694. The van der Waals surface area contributed by atoms with E-state index < -0.39 is 10.0 Å². The molecule has 137 valence electrons. The zero-order valence-corrected chi connectivity index (χ0v) is 16.1. The number of nitrogens with zero attached hydrogens (tertiary/aromatic N) is 2. The molecule has 0 amide bonds. The van der Waals surface area contributed by atoms with Crippen LogP contribution in [0.4, 0.5) is 10.8 Å². The Morgan fingerprint density at radius 1 is 1.31 bits per heavy atom. The summed E-state index contributed by atoms with van der Waals surface area (Å²) in [5.41, 5.74) is 6.83. The Kier molecular flexibility index (Phi) is 4.81. The van der Waals surface area contributed by atoms with E-state index >= 15 is 0 Å². The van der Waals surface area contributed by atoms with E-state index in [1.165, 1.54) is 27.8 Å². The average Bonchev–Trinajstić information content (AvgIpc) is 2.94. The number of nitrogen functional groups attached to an aromatic ring is 1. The highest BCUT2D eigenvalue weighted by Crippen LogP contribution is 2.35. The number of anilines is 2. The maximum absolute atomic E-state index is 13.3. The summed E-state index contributed by atoms with van der Waals surface area (Å²) in [6, 6.07) is 9.61. The van der Waals surface area contributed by atoms with Crippen molar-refractivity contribution < 1.29 is 13.5 Å². The van der Waals surface area contributed by atoms with Crippen LogP contribution in [0.1, 0.15) is 19.4 Å². The molecule has 0 unspecified atom stereocenters. The summed E-state index contributed by atoms with van der Waals surface area (Å²) in [4.78, 5) is 4.27. The van der Waals surface area contributed by atoms with E-state index in [2.05, 4.69) is 11.9 Å². The number of aromatic hydroxyl groups is 1. The van der Waals surface area contributed by atoms with Crippen LogP contribution in [-0.2, 0) is 10.0 Å². The second-order valence-electron chi connectivity index (χ2n) is 6.40. The second-order valence-corrected chi connectivity index (χ2v) is 9.32. The molecule has 3 rings (SSSR count). The van der Waals surface area contributed by atoms with Gasteiger partial charge in [-0.25, -0.2) is 13.4 Å². The van der Waals surface area contributed by atoms with Crippen molar-refractivity contribution in [3.63, 3.8) is 0 Å². The van der Waals surface area contributed by atoms with Gasteiger partial charge in [-0.15, -0.1) is 0 Å². The predicted octanol–water partition coefficient (Wildman–Crippen LogP) is 3.62. The standard InChI is InChI=1S/C18H20N3O3S2/c1-11(2)10-21(15-6-4-5-12(3)17(15)22)26(23,24)13-7-8-16-14(9-13)20-18(19)25-16/h4-9,11,22H,3,10H2,1-2H3,(H2,19,20). The molecular weight excluding hydrogens is 370 g/mol. The molecule has 1 radical (unpaired) electrons. The monoisotopic (exact) mass is 390 g/mol. The highest BCUT2D eigenvalue weighted by atomic mass is 32.2. The Morgan fingerprint density at radius 3 is 2.73 bits per heavy atom. The first-order valence-electron chi connectivity index (χ1n) is 8.03. The van der Waals surface area contributed by atoms with Crippen LogP contribution in [0.15, 0.2) is 41.3 Å². The largest absolute Gasteiger partial charge is 0.505 e. The zero-order valence-electron chi connectivity index (χ0n) is 14.5. The normalized spacial score (nSPS) is 12.0. The average molecular weight is 391 g/mol. The zero-order chi connectivity index (χ0) is 19.1. The Labute approximate surface area is 157 Å². The van der Waals surface area contributed by atoms with Crippen LogP contribution in [0.2, 0.25) is 0 Å². The van der Waals surface area contributed by atoms with Gasteiger partial charge in [0.15, 0.2) is 5.13 Å². The fourth-order valence-corrected chi connectivity index (χ4v) is 5.02. The van der Waals surface area contributed by atoms with Crippen LogP contribution in [-0.4, -0.2) is 25.1 Å². The number of hydrogen-bond acceptors (Lipinski definition) is 6. The van der Waals surface area contributed by atoms with E-state index in [4.69, 9.17) is 5.73 Å². The van der Waals surface area contributed by atoms with E-state index in [-0.39, 0.29) is 28.8 Å². The molecule has 0 saturated carbocycles. The van der Waals surface area contributed by atoms with Gasteiger partial charge < -0.3 is 10.8 Å². The van der Waals surface area contributed by atoms with Crippen molar-refractivity contribution in [2.24, 2.45) is 5.92 Å². The van der Waals surface area contributed by atoms with Crippen LogP contribution in [0.5, 0.6) is 5.75 Å². The number of rotatable bonds is 5. The van der Waals surface area contributed by atoms with Gasteiger partial charge in [0.1, 0.15) is 5.75 Å². The molecule has 0 atom stereocenters. The number of benzene rings is 2. The van der Waals surface area contributed by atoms with Gasteiger partial charge in [0, 0.05) is 6.54 Å². The van der Waals surface area contributed by atoms with Gasteiger partial charge in [0.25, 0.3) is 10.0 Å². The first-order chi connectivity index (χ1) is 12.2. The summed E-state index contributed by atoms with van der Waals surface area (Å²) in [7, 11) is -3.90. The molecule has 2 aromatic carbocycles. The van der Waals surface area contributed by atoms with Crippen molar-refractivity contribution in [3.8, 4) is 5.75 Å². The molecule has 1 aromatic heterocycles. The van der Waals surface area contributed by atoms with Gasteiger partial charge in [-0.2, -0.15) is 0 Å². The van der Waals surface area contributed by atoms with Gasteiger partial charge in [-0.05, 0) is 42.7 Å². The van der Waals surface area contributed by atoms with Gasteiger partial charge >= 0.3 is 0 Å². The summed E-state index contributed by atoms with van der Waals surface area (Å²) in [6.07, 6.45) is 0. The SMILES string of the molecule is [CH2]c1cccc(N(CC(C)C)S(=O)(=O)c2ccc3sc(N)nc3c2)c1O. The van der Waals surface area contributed by atoms with Crippen molar-refractivity contribution in [3.05, 3.63) is 48.9 Å². The molecule has 0 aliphatic carbocycles. The molecule has 1 heterocycles. The smallest absolute Gasteiger partial charge is 0.264 e. The van der Waals surface area contributed by atoms with E-state index in [1.54, 1.807) is 24.3 Å². The van der Waals surface area contributed by atoms with Gasteiger partial charge in [0.2, 0.25) is 0 Å². The van der Waals surface area contributed by atoms with Crippen LogP contribution < -0.4 is 10.0 Å². The Balaban J connectivity index is 2.15. The number of hydrogen-bond donors (Lipinski definition) is 2. The first-order valence-corrected chi connectivity index (χ1v) is 10.3. The summed E-state index contributed by atoms with van der Waals surface area (Å²) >= 11 is 1.30. The number of para-hydroxylation sites is 1. The molecular formula is C18H20N3O3S2. The molecule has 0 spiro atoms. The molecule has 0 bridgehead atoms. The topological polar surface area (TPSA) is 96.5 Å². The van der Waals surface area contributed by atoms with Crippen molar-refractivity contribution in [2.75, 3.05) is 16.6 Å². The summed E-state index contributed by atoms with van der Waals surface area (Å²) in [5, 5.41) is 10.8. The van der Waals surface area contributed by atoms with Crippen LogP contribution in [0.25, 0.3) is 10.2 Å². The van der Waals surface area contributed by atoms with Crippen LogP contribution >= 0.6 is 11.3 Å². The molecule has 0 aliphatic rings. The molecule has 0 saturated heterocycles. The Bertz CT molecular complexity index is 1060. The lowest BCUT2D eigenvalue weighted by Crippen LogP contribution is -2.34. The lowest BCUT2D eigenvalue weighted by atomic mass is 10.1. The van der Waals surface area contributed by atoms with Gasteiger partial charge in [-0.3, -0.25) is 4.31 Å². The molecule has 6 nitrogen and oxygen atoms in total. The molecule has 0 aliphatic heterocycles. The number of thiazole rings is 1. The van der Waals surface area contributed by atoms with Gasteiger partial charge in [0.05, 0.1) is 20.8 Å². The third-order valence-corrected chi connectivity index (χ3v) is 6.50. The van der Waals surface area contributed by atoms with E-state index in [1.807, 2.05) is 13.8 Å². The lowest BCUT2D eigenvalue weighted by Gasteiger charge is -2.27. The lowest BCUT2D eigenvalue weighted by molar-refractivity contribution is 0.472. The molecule has 0 fully saturated rings. The van der Waals surface area contributed by atoms with Crippen molar-refractivity contribution in [1.29, 1.82) is 0 Å². The molecule has 3 N–H and O–H groups in total. The molecule has 8 heteroatoms. The maximum Gasteiger partial charge on any atom is 0.264 e. The Morgan fingerprint density at radius 2 is 2.04 bits per heavy atom. The fraction of sp³-hybridized carbons (Fsp3) is 0.222. The van der Waals surface area contributed by atoms with E-state index in [9.17, 15) is 13.5 Å². The number of fused-ring (bicyclic) bond motifs is 1. The minimum absolute atomic E-state index is 0.0521. The fourth-order valence-electron chi connectivity index (χ4n) is 2.65. The van der Waals surface area contributed by atoms with E-state index in [0.29, 0.717) is 16.2 Å². The minimum Gasteiger partial charge on any atom is -0.505 e. The number of phenols is 1. The number of aromatic nitrogens is 1. The third kappa shape index (κ3) is 3.34. The van der Waals surface area contributed by atoms with Crippen LogP contribution in [0, 0.1) is 12.8 Å². The minimum atomic E-state index is -3.90. The highest BCUT2D eigenvalue weighted by molar-refractivity contribution is 7.92. The summed E-state index contributed by atoms with van der Waals surface area (Å²) in [6.45, 7) is 7.79. The van der Waals surface area contributed by atoms with Crippen molar-refractivity contribution in [1.82, 2.24) is 4.98 Å². The van der Waals surface area contributed by atoms with E-state index in [0.717, 1.165) is 4.70 Å². The van der Waals surface area contributed by atoms with Crippen molar-refractivity contribution >= 4 is 42.4 Å². The summed E-state index contributed by atoms with van der Waals surface area (Å²) < 4.78 is 28.7. The van der Waals surface area contributed by atoms with Crippen LogP contribution in [0.3, 0.4) is 0 Å². The number of phenolic OH excluding ortho intramolecular Hbond substituents is 1. The summed E-state index contributed by atoms with van der Waals surface area (Å²) in [5.74, 6) is -0.0907. The van der Waals surface area contributed by atoms with Crippen molar-refractivity contribution in [2.45, 2.75) is 18.7 Å². The highest BCUT2D eigenvalue weighted by Gasteiger charge is 2.28. The number of sulfonamides is 1. The first kappa shape index (κ1) is 18.5. The Hall–Kier alpha value is -2.32. The number of nitrogens with two attached hydrogens (primary N) is 1. The van der Waals surface area contributed by atoms with Gasteiger partial charge in [-0.1, -0.05) is 37.3 Å². The maximum atomic E-state index is 13.3.